The van der Waals surface area contributed by atoms with E-state index in [1.165, 1.54) is 0 Å². The number of nitrogens with one attached hydrogen (secondary N) is 2. The Labute approximate surface area is 171 Å². The third kappa shape index (κ3) is 5.68. The van der Waals surface area contributed by atoms with Crippen LogP contribution in [-0.2, 0) is 9.53 Å². The van der Waals surface area contributed by atoms with Crippen LogP contribution in [0.25, 0.3) is 11.1 Å². The summed E-state index contributed by atoms with van der Waals surface area (Å²) in [6.45, 7) is 0.696. The number of nitrogens with zero attached hydrogens (tertiary/aromatic N) is 1. The Morgan fingerprint density at radius 2 is 1.93 bits per heavy atom. The van der Waals surface area contributed by atoms with E-state index in [0.717, 1.165) is 47.4 Å². The van der Waals surface area contributed by atoms with Gasteiger partial charge in [-0.3, -0.25) is 9.89 Å². The van der Waals surface area contributed by atoms with E-state index in [2.05, 4.69) is 15.5 Å². The molecule has 3 rings (SSSR count). The van der Waals surface area contributed by atoms with Crippen molar-refractivity contribution in [1.82, 2.24) is 10.2 Å². The second-order valence-corrected chi connectivity index (χ2v) is 6.87. The standard InChI is InChI=1S/C23H27N3O3/c1-28-13-4-3-8-22(18-6-5-7-21(14-18)29-2)23(27)26-20-11-9-17(10-12-20)19-15-24-25-16-19/h5-7,9-12,14-16,22H,3-4,8,13H2,1-2H3,(H,24,25)(H,26,27). The Bertz CT molecular complexity index is 892. The van der Waals surface area contributed by atoms with Gasteiger partial charge in [-0.15, -0.1) is 0 Å². The predicted octanol–water partition coefficient (Wildman–Crippen LogP) is 4.62. The topological polar surface area (TPSA) is 76.2 Å². The number of carbonyl (C=O) groups is 1. The maximum atomic E-state index is 13.1. The summed E-state index contributed by atoms with van der Waals surface area (Å²) in [6.07, 6.45) is 6.18. The molecule has 2 aromatic carbocycles. The van der Waals surface area contributed by atoms with E-state index in [1.54, 1.807) is 20.4 Å². The maximum absolute atomic E-state index is 13.1. The molecule has 6 heteroatoms. The number of anilines is 1. The van der Waals surface area contributed by atoms with Crippen LogP contribution in [0.3, 0.4) is 0 Å². The highest BCUT2D eigenvalue weighted by Crippen LogP contribution is 2.28. The number of hydrogen-bond acceptors (Lipinski definition) is 4. The molecular formula is C23H27N3O3. The zero-order valence-electron chi connectivity index (χ0n) is 16.9. The second-order valence-electron chi connectivity index (χ2n) is 6.87. The lowest BCUT2D eigenvalue weighted by molar-refractivity contribution is -0.117. The highest BCUT2D eigenvalue weighted by molar-refractivity contribution is 5.96. The minimum Gasteiger partial charge on any atom is -0.497 e. The van der Waals surface area contributed by atoms with Crippen LogP contribution in [0.15, 0.2) is 60.9 Å². The average Bonchev–Trinajstić information content (AvgIpc) is 3.29. The number of aromatic amines is 1. The van der Waals surface area contributed by atoms with Gasteiger partial charge in [-0.25, -0.2) is 0 Å². The minimum absolute atomic E-state index is 0.0215. The molecule has 1 heterocycles. The summed E-state index contributed by atoms with van der Waals surface area (Å²) in [6, 6.07) is 15.5. The summed E-state index contributed by atoms with van der Waals surface area (Å²) in [5, 5.41) is 9.83. The maximum Gasteiger partial charge on any atom is 0.231 e. The zero-order valence-corrected chi connectivity index (χ0v) is 16.9. The van der Waals surface area contributed by atoms with E-state index >= 15 is 0 Å². The first-order valence-corrected chi connectivity index (χ1v) is 9.74. The third-order valence-corrected chi connectivity index (χ3v) is 4.89. The highest BCUT2D eigenvalue weighted by atomic mass is 16.5. The lowest BCUT2D eigenvalue weighted by Crippen LogP contribution is -2.21. The molecule has 1 amide bonds. The summed E-state index contributed by atoms with van der Waals surface area (Å²) < 4.78 is 10.5. The largest absolute Gasteiger partial charge is 0.497 e. The van der Waals surface area contributed by atoms with E-state index in [0.29, 0.717) is 6.61 Å². The fraction of sp³-hybridized carbons (Fsp3) is 0.304. The summed E-state index contributed by atoms with van der Waals surface area (Å²) in [5.74, 6) is 0.476. The van der Waals surface area contributed by atoms with Crippen molar-refractivity contribution in [3.05, 3.63) is 66.5 Å². The van der Waals surface area contributed by atoms with Gasteiger partial charge in [-0.1, -0.05) is 30.7 Å². The van der Waals surface area contributed by atoms with Gasteiger partial charge in [0.2, 0.25) is 5.91 Å². The second kappa shape index (κ2) is 10.4. The first-order chi connectivity index (χ1) is 14.2. The van der Waals surface area contributed by atoms with Crippen LogP contribution in [0.4, 0.5) is 5.69 Å². The Kier molecular flexibility index (Phi) is 7.41. The van der Waals surface area contributed by atoms with Crippen LogP contribution in [0.2, 0.25) is 0 Å². The number of methoxy groups -OCH3 is 2. The van der Waals surface area contributed by atoms with Crippen molar-refractivity contribution in [2.24, 2.45) is 0 Å². The van der Waals surface area contributed by atoms with Crippen LogP contribution in [0.5, 0.6) is 5.75 Å². The van der Waals surface area contributed by atoms with E-state index in [9.17, 15) is 4.79 Å². The molecule has 1 unspecified atom stereocenters. The lowest BCUT2D eigenvalue weighted by atomic mass is 9.92. The van der Waals surface area contributed by atoms with Gasteiger partial charge in [0.15, 0.2) is 0 Å². The van der Waals surface area contributed by atoms with E-state index in [4.69, 9.17) is 9.47 Å². The molecule has 1 aromatic heterocycles. The molecule has 1 atom stereocenters. The Morgan fingerprint density at radius 3 is 2.62 bits per heavy atom. The van der Waals surface area contributed by atoms with Crippen molar-refractivity contribution in [2.75, 3.05) is 26.1 Å². The van der Waals surface area contributed by atoms with E-state index < -0.39 is 0 Å². The smallest absolute Gasteiger partial charge is 0.231 e. The number of unbranched alkanes of at least 4 members (excludes halogenated alkanes) is 1. The van der Waals surface area contributed by atoms with Gasteiger partial charge < -0.3 is 14.8 Å². The number of hydrogen-bond donors (Lipinski definition) is 2. The molecule has 0 spiro atoms. The predicted molar refractivity (Wildman–Crippen MR) is 114 cm³/mol. The average molecular weight is 393 g/mol. The molecule has 29 heavy (non-hydrogen) atoms. The molecule has 0 bridgehead atoms. The van der Waals surface area contributed by atoms with Crippen LogP contribution < -0.4 is 10.1 Å². The number of ether oxygens (including phenoxy) is 2. The van der Waals surface area contributed by atoms with Crippen molar-refractivity contribution < 1.29 is 14.3 Å². The Balaban J connectivity index is 1.72. The Hall–Kier alpha value is -3.12. The van der Waals surface area contributed by atoms with E-state index in [-0.39, 0.29) is 11.8 Å². The number of amides is 1. The number of carbonyl (C=O) groups excluding carboxylic acids is 1. The molecule has 0 saturated carbocycles. The summed E-state index contributed by atoms with van der Waals surface area (Å²) >= 11 is 0. The third-order valence-electron chi connectivity index (χ3n) is 4.89. The molecular weight excluding hydrogens is 366 g/mol. The molecule has 0 radical (unpaired) electrons. The molecule has 0 aliphatic carbocycles. The van der Waals surface area contributed by atoms with Gasteiger partial charge >= 0.3 is 0 Å². The van der Waals surface area contributed by atoms with Gasteiger partial charge in [-0.05, 0) is 48.2 Å². The first kappa shape index (κ1) is 20.6. The molecule has 0 fully saturated rings. The van der Waals surface area contributed by atoms with Crippen molar-refractivity contribution in [3.63, 3.8) is 0 Å². The fourth-order valence-electron chi connectivity index (χ4n) is 3.29. The molecule has 0 aliphatic rings. The number of benzene rings is 2. The monoisotopic (exact) mass is 393 g/mol. The molecule has 0 aliphatic heterocycles. The van der Waals surface area contributed by atoms with Crippen molar-refractivity contribution in [1.29, 1.82) is 0 Å². The number of H-pyrrole nitrogens is 1. The van der Waals surface area contributed by atoms with Gasteiger partial charge in [0.1, 0.15) is 5.75 Å². The molecule has 3 aromatic rings. The molecule has 2 N–H and O–H groups in total. The van der Waals surface area contributed by atoms with Crippen LogP contribution >= 0.6 is 0 Å². The zero-order chi connectivity index (χ0) is 20.5. The van der Waals surface area contributed by atoms with Gasteiger partial charge in [-0.2, -0.15) is 5.10 Å². The highest BCUT2D eigenvalue weighted by Gasteiger charge is 2.21. The van der Waals surface area contributed by atoms with Crippen LogP contribution in [0, 0.1) is 0 Å². The van der Waals surface area contributed by atoms with Crippen LogP contribution in [-0.4, -0.2) is 36.9 Å². The summed E-state index contributed by atoms with van der Waals surface area (Å²) in [5.41, 5.74) is 3.78. The molecule has 6 nitrogen and oxygen atoms in total. The summed E-state index contributed by atoms with van der Waals surface area (Å²) in [4.78, 5) is 13.1. The quantitative estimate of drug-likeness (QED) is 0.493. The molecule has 152 valence electrons. The fourth-order valence-corrected chi connectivity index (χ4v) is 3.29. The van der Waals surface area contributed by atoms with Crippen molar-refractivity contribution in [3.8, 4) is 16.9 Å². The lowest BCUT2D eigenvalue weighted by Gasteiger charge is -2.18. The number of aromatic nitrogens is 2. The van der Waals surface area contributed by atoms with E-state index in [1.807, 2.05) is 54.7 Å². The van der Waals surface area contributed by atoms with Crippen LogP contribution in [0.1, 0.15) is 30.7 Å². The Morgan fingerprint density at radius 1 is 1.10 bits per heavy atom. The molecule has 0 saturated heterocycles. The van der Waals surface area contributed by atoms with Gasteiger partial charge in [0.05, 0.1) is 19.2 Å². The first-order valence-electron chi connectivity index (χ1n) is 9.74. The van der Waals surface area contributed by atoms with Crippen molar-refractivity contribution in [2.45, 2.75) is 25.2 Å². The van der Waals surface area contributed by atoms with Crippen molar-refractivity contribution >= 4 is 11.6 Å². The summed E-state index contributed by atoms with van der Waals surface area (Å²) in [7, 11) is 3.33. The normalized spacial score (nSPS) is 11.8. The van der Waals surface area contributed by atoms with Gasteiger partial charge in [0, 0.05) is 31.2 Å². The SMILES string of the molecule is COCCCCC(C(=O)Nc1ccc(-c2cn[nH]c2)cc1)c1cccc(OC)c1. The minimum atomic E-state index is -0.254. The number of rotatable bonds is 10. The van der Waals surface area contributed by atoms with Gasteiger partial charge in [0.25, 0.3) is 0 Å².